The van der Waals surface area contributed by atoms with Gasteiger partial charge in [-0.05, 0) is 12.1 Å². The summed E-state index contributed by atoms with van der Waals surface area (Å²) >= 11 is 6.77. The number of hydrogen-bond acceptors (Lipinski definition) is 4. The van der Waals surface area contributed by atoms with Gasteiger partial charge in [-0.2, -0.15) is 0 Å². The van der Waals surface area contributed by atoms with Crippen molar-refractivity contribution in [2.45, 2.75) is 6.54 Å². The van der Waals surface area contributed by atoms with E-state index in [4.69, 9.17) is 11.6 Å². The minimum atomic E-state index is -0.560. The van der Waals surface area contributed by atoms with Gasteiger partial charge in [-0.15, -0.1) is 0 Å². The molecule has 0 spiro atoms. The van der Waals surface area contributed by atoms with Gasteiger partial charge in [0.1, 0.15) is 5.82 Å². The topological polar surface area (TPSA) is 63.5 Å². The lowest BCUT2D eigenvalue weighted by Crippen LogP contribution is -2.26. The first-order valence-corrected chi connectivity index (χ1v) is 7.07. The van der Waals surface area contributed by atoms with Gasteiger partial charge >= 0.3 is 5.00 Å². The first-order chi connectivity index (χ1) is 9.90. The molecule has 0 atom stereocenters. The van der Waals surface area contributed by atoms with Crippen LogP contribution in [0.2, 0.25) is 5.02 Å². The van der Waals surface area contributed by atoms with E-state index in [2.05, 4.69) is 0 Å². The van der Waals surface area contributed by atoms with Crippen LogP contribution >= 0.6 is 22.9 Å². The summed E-state index contributed by atoms with van der Waals surface area (Å²) in [5.74, 6) is -0.933. The number of thiophene rings is 1. The van der Waals surface area contributed by atoms with E-state index in [0.717, 1.165) is 11.3 Å². The largest absolute Gasteiger partial charge is 0.337 e. The van der Waals surface area contributed by atoms with Crippen molar-refractivity contribution in [3.05, 3.63) is 61.7 Å². The van der Waals surface area contributed by atoms with E-state index in [1.807, 2.05) is 0 Å². The zero-order chi connectivity index (χ0) is 15.6. The van der Waals surface area contributed by atoms with Gasteiger partial charge in [0, 0.05) is 35.6 Å². The normalized spacial score (nSPS) is 10.4. The number of carbonyl (C=O) groups excluding carboxylic acids is 1. The van der Waals surface area contributed by atoms with Crippen molar-refractivity contribution >= 4 is 33.8 Å². The van der Waals surface area contributed by atoms with E-state index in [-0.39, 0.29) is 27.7 Å². The van der Waals surface area contributed by atoms with Gasteiger partial charge in [0.25, 0.3) is 5.91 Å². The number of nitrogens with zero attached hydrogens (tertiary/aromatic N) is 2. The average molecular weight is 329 g/mol. The minimum absolute atomic E-state index is 0.0199. The van der Waals surface area contributed by atoms with Crippen LogP contribution in [0.4, 0.5) is 9.39 Å². The first-order valence-electron chi connectivity index (χ1n) is 5.81. The molecule has 0 unspecified atom stereocenters. The molecule has 1 aromatic heterocycles. The summed E-state index contributed by atoms with van der Waals surface area (Å²) in [5, 5.41) is 12.1. The summed E-state index contributed by atoms with van der Waals surface area (Å²) in [6.45, 7) is -0.0199. The number of carbonyl (C=O) groups is 1. The van der Waals surface area contributed by atoms with Crippen molar-refractivity contribution in [3.63, 3.8) is 0 Å². The Morgan fingerprint density at radius 1 is 1.52 bits per heavy atom. The van der Waals surface area contributed by atoms with Gasteiger partial charge in [0.15, 0.2) is 0 Å². The first kappa shape index (κ1) is 15.4. The molecule has 8 heteroatoms. The second kappa shape index (κ2) is 6.19. The van der Waals surface area contributed by atoms with E-state index in [9.17, 15) is 19.3 Å². The molecular formula is C13H10ClFN2O3S. The number of halogens is 2. The number of rotatable bonds is 4. The number of nitro groups is 1. The van der Waals surface area contributed by atoms with Crippen molar-refractivity contribution in [2.24, 2.45) is 0 Å². The molecule has 2 rings (SSSR count). The molecule has 1 amide bonds. The Kier molecular flexibility index (Phi) is 4.54. The summed E-state index contributed by atoms with van der Waals surface area (Å²) in [7, 11) is 1.48. The summed E-state index contributed by atoms with van der Waals surface area (Å²) in [5.41, 5.74) is 0.404. The van der Waals surface area contributed by atoms with Gasteiger partial charge < -0.3 is 4.90 Å². The minimum Gasteiger partial charge on any atom is -0.337 e. The maximum atomic E-state index is 13.7. The Morgan fingerprint density at radius 2 is 2.24 bits per heavy atom. The van der Waals surface area contributed by atoms with E-state index < -0.39 is 16.6 Å². The van der Waals surface area contributed by atoms with Crippen LogP contribution in [0.15, 0.2) is 29.6 Å². The molecule has 0 saturated heterocycles. The highest BCUT2D eigenvalue weighted by atomic mass is 35.5. The van der Waals surface area contributed by atoms with E-state index in [1.165, 1.54) is 41.6 Å². The summed E-state index contributed by atoms with van der Waals surface area (Å²) in [6, 6.07) is 5.47. The zero-order valence-electron chi connectivity index (χ0n) is 10.9. The lowest BCUT2D eigenvalue weighted by Gasteiger charge is -2.17. The highest BCUT2D eigenvalue weighted by molar-refractivity contribution is 7.13. The molecule has 110 valence electrons. The molecule has 0 bridgehead atoms. The molecule has 0 fully saturated rings. The molecule has 1 heterocycles. The van der Waals surface area contributed by atoms with Crippen molar-refractivity contribution in [1.82, 2.24) is 4.90 Å². The van der Waals surface area contributed by atoms with Crippen LogP contribution < -0.4 is 0 Å². The van der Waals surface area contributed by atoms with Crippen LogP contribution in [0.3, 0.4) is 0 Å². The predicted octanol–water partition coefficient (Wildman–Crippen LogP) is 3.72. The third-order valence-electron chi connectivity index (χ3n) is 2.82. The predicted molar refractivity (Wildman–Crippen MR) is 78.2 cm³/mol. The number of hydrogen-bond donors (Lipinski definition) is 0. The summed E-state index contributed by atoms with van der Waals surface area (Å²) in [4.78, 5) is 23.5. The van der Waals surface area contributed by atoms with Gasteiger partial charge in [0.05, 0.1) is 10.5 Å². The second-order valence-corrected chi connectivity index (χ2v) is 5.59. The van der Waals surface area contributed by atoms with E-state index >= 15 is 0 Å². The Labute approximate surface area is 128 Å². The lowest BCUT2D eigenvalue weighted by atomic mass is 10.2. The van der Waals surface area contributed by atoms with E-state index in [1.54, 1.807) is 0 Å². The Balaban J connectivity index is 2.17. The molecule has 5 nitrogen and oxygen atoms in total. The molecule has 0 aliphatic rings. The van der Waals surface area contributed by atoms with Crippen LogP contribution in [-0.2, 0) is 6.54 Å². The monoisotopic (exact) mass is 328 g/mol. The third-order valence-corrected chi connectivity index (χ3v) is 4.05. The summed E-state index contributed by atoms with van der Waals surface area (Å²) < 4.78 is 13.7. The fourth-order valence-corrected chi connectivity index (χ4v) is 2.67. The van der Waals surface area contributed by atoms with Crippen LogP contribution in [0.25, 0.3) is 0 Å². The maximum Gasteiger partial charge on any atom is 0.324 e. The van der Waals surface area contributed by atoms with Crippen LogP contribution in [0.1, 0.15) is 15.9 Å². The Morgan fingerprint density at radius 3 is 2.81 bits per heavy atom. The quantitative estimate of drug-likeness (QED) is 0.634. The second-order valence-electron chi connectivity index (χ2n) is 4.29. The highest BCUT2D eigenvalue weighted by Crippen LogP contribution is 2.25. The van der Waals surface area contributed by atoms with Crippen molar-refractivity contribution < 1.29 is 14.1 Å². The Hall–Kier alpha value is -1.99. The molecule has 0 aliphatic carbocycles. The van der Waals surface area contributed by atoms with Crippen molar-refractivity contribution in [2.75, 3.05) is 7.05 Å². The Bertz CT molecular complexity index is 684. The molecule has 0 saturated carbocycles. The molecule has 0 radical (unpaired) electrons. The average Bonchev–Trinajstić information content (AvgIpc) is 2.92. The molecule has 2 aromatic rings. The highest BCUT2D eigenvalue weighted by Gasteiger charge is 2.19. The smallest absolute Gasteiger partial charge is 0.324 e. The molecule has 0 aliphatic heterocycles. The van der Waals surface area contributed by atoms with Crippen LogP contribution in [-0.4, -0.2) is 22.8 Å². The molecular weight excluding hydrogens is 319 g/mol. The van der Waals surface area contributed by atoms with Gasteiger partial charge in [-0.25, -0.2) is 4.39 Å². The van der Waals surface area contributed by atoms with Gasteiger partial charge in [-0.1, -0.05) is 29.0 Å². The lowest BCUT2D eigenvalue weighted by molar-refractivity contribution is -0.380. The van der Waals surface area contributed by atoms with Gasteiger partial charge in [0.2, 0.25) is 0 Å². The van der Waals surface area contributed by atoms with Gasteiger partial charge in [-0.3, -0.25) is 14.9 Å². The molecule has 21 heavy (non-hydrogen) atoms. The third kappa shape index (κ3) is 3.37. The molecule has 1 aromatic carbocycles. The van der Waals surface area contributed by atoms with E-state index in [0.29, 0.717) is 0 Å². The van der Waals surface area contributed by atoms with Crippen molar-refractivity contribution in [1.29, 1.82) is 0 Å². The van der Waals surface area contributed by atoms with Crippen LogP contribution in [0.5, 0.6) is 0 Å². The zero-order valence-corrected chi connectivity index (χ0v) is 12.4. The fourth-order valence-electron chi connectivity index (χ4n) is 1.75. The number of amides is 1. The number of benzene rings is 1. The van der Waals surface area contributed by atoms with Crippen LogP contribution in [0, 0.1) is 15.9 Å². The standard InChI is InChI=1S/C13H10ClFN2O3S/c1-16(6-9-10(14)3-2-4-11(9)15)13(18)8-5-12(17(19)20)21-7-8/h2-5,7H,6H2,1H3. The van der Waals surface area contributed by atoms with Crippen molar-refractivity contribution in [3.8, 4) is 0 Å². The summed E-state index contributed by atoms with van der Waals surface area (Å²) in [6.07, 6.45) is 0. The molecule has 0 N–H and O–H groups in total. The fraction of sp³-hybridized carbons (Fsp3) is 0.154. The maximum absolute atomic E-state index is 13.7. The SMILES string of the molecule is CN(Cc1c(F)cccc1Cl)C(=O)c1csc([N+](=O)[O-])c1.